The number of carbonyl (C=O) groups excluding carboxylic acids is 1. The van der Waals surface area contributed by atoms with Gasteiger partial charge in [0, 0.05) is 18.8 Å². The Bertz CT molecular complexity index is 501. The second-order valence-corrected chi connectivity index (χ2v) is 5.16. The van der Waals surface area contributed by atoms with E-state index in [1.54, 1.807) is 17.0 Å². The topological polar surface area (TPSA) is 50.8 Å². The van der Waals surface area contributed by atoms with Crippen LogP contribution in [0.4, 0.5) is 10.1 Å². The Hall–Kier alpha value is -1.50. The summed E-state index contributed by atoms with van der Waals surface area (Å²) in [7, 11) is 0. The molecule has 2 aliphatic rings. The Balaban J connectivity index is 1.84. The van der Waals surface area contributed by atoms with Crippen molar-refractivity contribution in [3.8, 4) is 0 Å². The van der Waals surface area contributed by atoms with E-state index in [1.807, 2.05) is 0 Å². The van der Waals surface area contributed by atoms with Gasteiger partial charge in [-0.1, -0.05) is 6.07 Å². The lowest BCUT2D eigenvalue weighted by Gasteiger charge is -2.41. The van der Waals surface area contributed by atoms with E-state index in [4.69, 9.17) is 9.47 Å². The SMILES string of the molecule is O=C1COC2(CNCCOC2)CN1c1cccc(F)c1. The largest absolute Gasteiger partial charge is 0.377 e. The summed E-state index contributed by atoms with van der Waals surface area (Å²) in [6.45, 7) is 2.78. The third kappa shape index (κ3) is 2.67. The number of amides is 1. The average Bonchev–Trinajstić information content (AvgIpc) is 2.68. The summed E-state index contributed by atoms with van der Waals surface area (Å²) in [5, 5.41) is 3.24. The Kier molecular flexibility index (Phi) is 3.69. The number of morpholine rings is 1. The Labute approximate surface area is 116 Å². The lowest BCUT2D eigenvalue weighted by Crippen LogP contribution is -2.60. The first-order chi connectivity index (χ1) is 9.69. The molecule has 2 fully saturated rings. The van der Waals surface area contributed by atoms with Crippen LogP contribution in [-0.2, 0) is 14.3 Å². The first-order valence-corrected chi connectivity index (χ1v) is 6.67. The van der Waals surface area contributed by atoms with Gasteiger partial charge in [-0.3, -0.25) is 4.79 Å². The number of hydrogen-bond acceptors (Lipinski definition) is 4. The fourth-order valence-electron chi connectivity index (χ4n) is 2.56. The molecule has 0 aromatic heterocycles. The number of nitrogens with one attached hydrogen (secondary N) is 1. The van der Waals surface area contributed by atoms with Crippen LogP contribution in [0.25, 0.3) is 0 Å². The van der Waals surface area contributed by atoms with Crippen molar-refractivity contribution in [2.45, 2.75) is 5.60 Å². The van der Waals surface area contributed by atoms with Gasteiger partial charge in [0.1, 0.15) is 18.0 Å². The number of rotatable bonds is 1. The molecule has 2 saturated heterocycles. The lowest BCUT2D eigenvalue weighted by atomic mass is 10.0. The summed E-state index contributed by atoms with van der Waals surface area (Å²) in [4.78, 5) is 13.6. The number of halogens is 1. The number of carbonyl (C=O) groups is 1. The third-order valence-corrected chi connectivity index (χ3v) is 3.60. The van der Waals surface area contributed by atoms with E-state index in [1.165, 1.54) is 12.1 Å². The Morgan fingerprint density at radius 2 is 2.30 bits per heavy atom. The van der Waals surface area contributed by atoms with Crippen LogP contribution in [0.1, 0.15) is 0 Å². The van der Waals surface area contributed by atoms with Gasteiger partial charge in [-0.25, -0.2) is 4.39 Å². The van der Waals surface area contributed by atoms with Crippen molar-refractivity contribution in [3.05, 3.63) is 30.1 Å². The van der Waals surface area contributed by atoms with Gasteiger partial charge >= 0.3 is 0 Å². The number of hydrogen-bond donors (Lipinski definition) is 1. The number of anilines is 1. The van der Waals surface area contributed by atoms with Gasteiger partial charge in [0.15, 0.2) is 0 Å². The Morgan fingerprint density at radius 1 is 1.40 bits per heavy atom. The molecule has 1 aromatic rings. The number of benzene rings is 1. The van der Waals surface area contributed by atoms with Crippen LogP contribution in [0.5, 0.6) is 0 Å². The standard InChI is InChI=1S/C14H17FN2O3/c15-11-2-1-3-12(6-11)17-9-14(20-7-13(17)18)8-16-4-5-19-10-14/h1-3,6,16H,4-5,7-10H2. The van der Waals surface area contributed by atoms with Crippen molar-refractivity contribution in [2.75, 3.05) is 44.4 Å². The number of nitrogens with zero attached hydrogens (tertiary/aromatic N) is 1. The molecule has 0 saturated carbocycles. The molecular formula is C14H17FN2O3. The minimum atomic E-state index is -0.559. The maximum atomic E-state index is 13.3. The molecular weight excluding hydrogens is 263 g/mol. The fourth-order valence-corrected chi connectivity index (χ4v) is 2.56. The Morgan fingerprint density at radius 3 is 3.15 bits per heavy atom. The van der Waals surface area contributed by atoms with E-state index < -0.39 is 5.60 Å². The van der Waals surface area contributed by atoms with Crippen LogP contribution in [0.2, 0.25) is 0 Å². The van der Waals surface area contributed by atoms with Gasteiger partial charge in [0.05, 0.1) is 19.8 Å². The summed E-state index contributed by atoms with van der Waals surface area (Å²) in [6, 6.07) is 6.05. The molecule has 0 radical (unpaired) electrons. The van der Waals surface area contributed by atoms with Gasteiger partial charge in [0.2, 0.25) is 0 Å². The second kappa shape index (κ2) is 5.47. The third-order valence-electron chi connectivity index (χ3n) is 3.60. The highest BCUT2D eigenvalue weighted by molar-refractivity contribution is 5.95. The van der Waals surface area contributed by atoms with Crippen molar-refractivity contribution in [1.82, 2.24) is 5.32 Å². The molecule has 2 aliphatic heterocycles. The van der Waals surface area contributed by atoms with Crippen LogP contribution >= 0.6 is 0 Å². The maximum Gasteiger partial charge on any atom is 0.253 e. The zero-order chi connectivity index (χ0) is 14.0. The zero-order valence-electron chi connectivity index (χ0n) is 11.1. The van der Waals surface area contributed by atoms with E-state index in [0.29, 0.717) is 32.0 Å². The molecule has 6 heteroatoms. The lowest BCUT2D eigenvalue weighted by molar-refractivity contribution is -0.144. The molecule has 1 unspecified atom stereocenters. The van der Waals surface area contributed by atoms with Crippen LogP contribution in [0.3, 0.4) is 0 Å². The molecule has 108 valence electrons. The van der Waals surface area contributed by atoms with Gasteiger partial charge in [-0.05, 0) is 18.2 Å². The van der Waals surface area contributed by atoms with Crippen molar-refractivity contribution in [2.24, 2.45) is 0 Å². The van der Waals surface area contributed by atoms with Gasteiger partial charge < -0.3 is 19.7 Å². The molecule has 1 amide bonds. The zero-order valence-corrected chi connectivity index (χ0v) is 11.1. The van der Waals surface area contributed by atoms with Crippen LogP contribution in [0, 0.1) is 5.82 Å². The maximum absolute atomic E-state index is 13.3. The van der Waals surface area contributed by atoms with Gasteiger partial charge in [-0.2, -0.15) is 0 Å². The van der Waals surface area contributed by atoms with E-state index in [9.17, 15) is 9.18 Å². The fraction of sp³-hybridized carbons (Fsp3) is 0.500. The minimum absolute atomic E-state index is 0.0123. The summed E-state index contributed by atoms with van der Waals surface area (Å²) < 4.78 is 24.6. The molecule has 0 bridgehead atoms. The summed E-state index contributed by atoms with van der Waals surface area (Å²) >= 11 is 0. The minimum Gasteiger partial charge on any atom is -0.377 e. The quantitative estimate of drug-likeness (QED) is 0.816. The summed E-state index contributed by atoms with van der Waals surface area (Å²) in [5.41, 5.74) is -0.00147. The molecule has 0 aliphatic carbocycles. The molecule has 1 aromatic carbocycles. The molecule has 1 atom stereocenters. The van der Waals surface area contributed by atoms with E-state index in [0.717, 1.165) is 6.54 Å². The molecule has 5 nitrogen and oxygen atoms in total. The van der Waals surface area contributed by atoms with Gasteiger partial charge in [-0.15, -0.1) is 0 Å². The first kappa shape index (κ1) is 13.5. The van der Waals surface area contributed by atoms with Crippen molar-refractivity contribution in [1.29, 1.82) is 0 Å². The normalized spacial score (nSPS) is 27.6. The summed E-state index contributed by atoms with van der Waals surface area (Å²) in [6.07, 6.45) is 0. The highest BCUT2D eigenvalue weighted by atomic mass is 19.1. The molecule has 3 rings (SSSR count). The van der Waals surface area contributed by atoms with E-state index >= 15 is 0 Å². The number of ether oxygens (including phenoxy) is 2. The molecule has 1 N–H and O–H groups in total. The predicted octanol–water partition coefficient (Wildman–Crippen LogP) is 0.548. The molecule has 1 spiro atoms. The van der Waals surface area contributed by atoms with Crippen LogP contribution in [0.15, 0.2) is 24.3 Å². The van der Waals surface area contributed by atoms with E-state index in [2.05, 4.69) is 5.32 Å². The predicted molar refractivity (Wildman–Crippen MR) is 71.1 cm³/mol. The van der Waals surface area contributed by atoms with Crippen molar-refractivity contribution >= 4 is 11.6 Å². The van der Waals surface area contributed by atoms with Crippen LogP contribution < -0.4 is 10.2 Å². The van der Waals surface area contributed by atoms with Crippen molar-refractivity contribution < 1.29 is 18.7 Å². The monoisotopic (exact) mass is 280 g/mol. The highest BCUT2D eigenvalue weighted by Crippen LogP contribution is 2.25. The average molecular weight is 280 g/mol. The molecule has 2 heterocycles. The highest BCUT2D eigenvalue weighted by Gasteiger charge is 2.41. The summed E-state index contributed by atoms with van der Waals surface area (Å²) in [5.74, 6) is -0.517. The van der Waals surface area contributed by atoms with Crippen molar-refractivity contribution in [3.63, 3.8) is 0 Å². The smallest absolute Gasteiger partial charge is 0.253 e. The van der Waals surface area contributed by atoms with Crippen LogP contribution in [-0.4, -0.2) is 51.0 Å². The molecule has 20 heavy (non-hydrogen) atoms. The van der Waals surface area contributed by atoms with E-state index in [-0.39, 0.29) is 18.3 Å². The van der Waals surface area contributed by atoms with Gasteiger partial charge in [0.25, 0.3) is 5.91 Å². The first-order valence-electron chi connectivity index (χ1n) is 6.67. The second-order valence-electron chi connectivity index (χ2n) is 5.16.